The lowest BCUT2D eigenvalue weighted by Crippen LogP contribution is -1.88. The highest BCUT2D eigenvalue weighted by molar-refractivity contribution is 6.36. The molecule has 0 spiro atoms. The van der Waals surface area contributed by atoms with E-state index in [1.165, 1.54) is 0 Å². The van der Waals surface area contributed by atoms with Gasteiger partial charge in [0.2, 0.25) is 5.88 Å². The molecular formula is C13H7Cl3N2O2. The van der Waals surface area contributed by atoms with E-state index in [1.807, 2.05) is 0 Å². The zero-order chi connectivity index (χ0) is 14.3. The number of rotatable bonds is 2. The molecule has 0 radical (unpaired) electrons. The number of nitrogens with zero attached hydrogens (tertiary/aromatic N) is 1. The lowest BCUT2D eigenvalue weighted by molar-refractivity contribution is 0.436. The molecular weight excluding hydrogens is 323 g/mol. The van der Waals surface area contributed by atoms with Gasteiger partial charge < -0.3 is 14.7 Å². The summed E-state index contributed by atoms with van der Waals surface area (Å²) in [5.41, 5.74) is 7.45. The Hall–Kier alpha value is -1.62. The predicted molar refractivity (Wildman–Crippen MR) is 79.1 cm³/mol. The minimum Gasteiger partial charge on any atom is -0.443 e. The van der Waals surface area contributed by atoms with Gasteiger partial charge in [0.05, 0.1) is 10.6 Å². The van der Waals surface area contributed by atoms with Gasteiger partial charge in [-0.2, -0.15) is 0 Å². The molecule has 1 aromatic carbocycles. The number of hydrogen-bond acceptors (Lipinski definition) is 4. The summed E-state index contributed by atoms with van der Waals surface area (Å²) in [5, 5.41) is 5.10. The first-order valence-electron chi connectivity index (χ1n) is 5.52. The molecule has 0 fully saturated rings. The van der Waals surface area contributed by atoms with Crippen molar-refractivity contribution in [1.82, 2.24) is 5.16 Å². The molecule has 0 aliphatic carbocycles. The quantitative estimate of drug-likeness (QED) is 0.706. The highest BCUT2D eigenvalue weighted by Gasteiger charge is 2.21. The van der Waals surface area contributed by atoms with Crippen LogP contribution < -0.4 is 5.73 Å². The first-order valence-corrected chi connectivity index (χ1v) is 6.66. The summed E-state index contributed by atoms with van der Waals surface area (Å²) in [6, 6.07) is 8.33. The number of benzene rings is 1. The van der Waals surface area contributed by atoms with Gasteiger partial charge in [-0.3, -0.25) is 0 Å². The lowest BCUT2D eigenvalue weighted by Gasteiger charge is -2.04. The van der Waals surface area contributed by atoms with Crippen LogP contribution in [0.2, 0.25) is 15.3 Å². The van der Waals surface area contributed by atoms with Crippen LogP contribution in [0.25, 0.3) is 22.6 Å². The Morgan fingerprint density at radius 3 is 2.50 bits per heavy atom. The number of furan rings is 1. The van der Waals surface area contributed by atoms with Crippen LogP contribution in [0.5, 0.6) is 0 Å². The molecule has 0 unspecified atom stereocenters. The van der Waals surface area contributed by atoms with Crippen LogP contribution in [0.3, 0.4) is 0 Å². The molecule has 102 valence electrons. The molecule has 0 amide bonds. The maximum Gasteiger partial charge on any atom is 0.230 e. The van der Waals surface area contributed by atoms with Crippen LogP contribution in [0.4, 0.5) is 5.88 Å². The van der Waals surface area contributed by atoms with E-state index in [-0.39, 0.29) is 11.1 Å². The summed E-state index contributed by atoms with van der Waals surface area (Å²) in [7, 11) is 0. The molecule has 0 saturated carbocycles. The van der Waals surface area contributed by atoms with Crippen molar-refractivity contribution >= 4 is 40.7 Å². The van der Waals surface area contributed by atoms with Crippen molar-refractivity contribution in [2.45, 2.75) is 0 Å². The van der Waals surface area contributed by atoms with Crippen LogP contribution in [0.1, 0.15) is 0 Å². The number of halogens is 3. The average Bonchev–Trinajstić information content (AvgIpc) is 2.96. The van der Waals surface area contributed by atoms with Crippen molar-refractivity contribution in [1.29, 1.82) is 0 Å². The largest absolute Gasteiger partial charge is 0.443 e. The Bertz CT molecular complexity index is 780. The van der Waals surface area contributed by atoms with E-state index < -0.39 is 0 Å². The SMILES string of the molecule is Nc1onc(-c2ccc(Cl)o2)c1-c1ccc(Cl)cc1Cl. The topological polar surface area (TPSA) is 65.2 Å². The van der Waals surface area contributed by atoms with E-state index in [9.17, 15) is 0 Å². The zero-order valence-electron chi connectivity index (χ0n) is 9.86. The van der Waals surface area contributed by atoms with Gasteiger partial charge in [0, 0.05) is 10.6 Å². The summed E-state index contributed by atoms with van der Waals surface area (Å²) >= 11 is 17.8. The molecule has 2 aromatic heterocycles. The average molecular weight is 330 g/mol. The molecule has 0 aliphatic rings. The Kier molecular flexibility index (Phi) is 3.38. The fraction of sp³-hybridized carbons (Fsp3) is 0. The van der Waals surface area contributed by atoms with Gasteiger partial charge >= 0.3 is 0 Å². The Morgan fingerprint density at radius 1 is 1.05 bits per heavy atom. The number of anilines is 1. The minimum absolute atomic E-state index is 0.136. The van der Waals surface area contributed by atoms with E-state index >= 15 is 0 Å². The number of hydrogen-bond donors (Lipinski definition) is 1. The third-order valence-corrected chi connectivity index (χ3v) is 3.48. The maximum atomic E-state index is 6.19. The highest BCUT2D eigenvalue weighted by Crippen LogP contribution is 2.41. The number of nitrogen functional groups attached to an aromatic ring is 1. The van der Waals surface area contributed by atoms with Gasteiger partial charge in [0.15, 0.2) is 16.7 Å². The second kappa shape index (κ2) is 5.05. The van der Waals surface area contributed by atoms with Crippen molar-refractivity contribution in [2.75, 3.05) is 5.73 Å². The molecule has 7 heteroatoms. The normalized spacial score (nSPS) is 10.9. The molecule has 0 aliphatic heterocycles. The Labute approximate surface area is 129 Å². The van der Waals surface area contributed by atoms with Gasteiger partial charge in [-0.25, -0.2) is 0 Å². The zero-order valence-corrected chi connectivity index (χ0v) is 12.1. The summed E-state index contributed by atoms with van der Waals surface area (Å²) < 4.78 is 10.4. The number of nitrogens with two attached hydrogens (primary N) is 1. The third kappa shape index (κ3) is 2.26. The third-order valence-electron chi connectivity index (χ3n) is 2.73. The van der Waals surface area contributed by atoms with E-state index in [0.29, 0.717) is 32.6 Å². The van der Waals surface area contributed by atoms with E-state index in [4.69, 9.17) is 49.5 Å². The maximum absolute atomic E-state index is 6.19. The lowest BCUT2D eigenvalue weighted by atomic mass is 10.0. The summed E-state index contributed by atoms with van der Waals surface area (Å²) in [6.45, 7) is 0. The fourth-order valence-electron chi connectivity index (χ4n) is 1.87. The molecule has 3 rings (SSSR count). The smallest absolute Gasteiger partial charge is 0.230 e. The molecule has 20 heavy (non-hydrogen) atoms. The van der Waals surface area contributed by atoms with Crippen molar-refractivity contribution in [3.63, 3.8) is 0 Å². The van der Waals surface area contributed by atoms with Crippen LogP contribution in [0, 0.1) is 0 Å². The van der Waals surface area contributed by atoms with E-state index in [0.717, 1.165) is 0 Å². The fourth-order valence-corrected chi connectivity index (χ4v) is 2.51. The highest BCUT2D eigenvalue weighted by atomic mass is 35.5. The van der Waals surface area contributed by atoms with Crippen molar-refractivity contribution in [3.8, 4) is 22.6 Å². The molecule has 0 saturated heterocycles. The van der Waals surface area contributed by atoms with Crippen LogP contribution in [-0.2, 0) is 0 Å². The molecule has 2 N–H and O–H groups in total. The van der Waals surface area contributed by atoms with Gasteiger partial charge in [0.25, 0.3) is 0 Å². The van der Waals surface area contributed by atoms with Gasteiger partial charge in [0.1, 0.15) is 0 Å². The molecule has 0 atom stereocenters. The first kappa shape index (κ1) is 13.4. The molecule has 2 heterocycles. The van der Waals surface area contributed by atoms with E-state index in [1.54, 1.807) is 30.3 Å². The van der Waals surface area contributed by atoms with Crippen molar-refractivity contribution < 1.29 is 8.94 Å². The van der Waals surface area contributed by atoms with Crippen LogP contribution in [-0.4, -0.2) is 5.16 Å². The first-order chi connectivity index (χ1) is 9.56. The van der Waals surface area contributed by atoms with Crippen molar-refractivity contribution in [3.05, 3.63) is 45.6 Å². The molecule has 0 bridgehead atoms. The van der Waals surface area contributed by atoms with Gasteiger partial charge in [-0.15, -0.1) is 0 Å². The summed E-state index contributed by atoms with van der Waals surface area (Å²) in [4.78, 5) is 0. The molecule has 3 aromatic rings. The van der Waals surface area contributed by atoms with Gasteiger partial charge in [-0.1, -0.05) is 34.4 Å². The summed E-state index contributed by atoms with van der Waals surface area (Å²) in [6.07, 6.45) is 0. The Morgan fingerprint density at radius 2 is 1.85 bits per heavy atom. The second-order valence-electron chi connectivity index (χ2n) is 4.00. The van der Waals surface area contributed by atoms with Crippen LogP contribution >= 0.6 is 34.8 Å². The minimum atomic E-state index is 0.136. The van der Waals surface area contributed by atoms with Crippen LogP contribution in [0.15, 0.2) is 39.3 Å². The van der Waals surface area contributed by atoms with Crippen molar-refractivity contribution in [2.24, 2.45) is 0 Å². The molecule has 4 nitrogen and oxygen atoms in total. The number of aromatic nitrogens is 1. The van der Waals surface area contributed by atoms with Gasteiger partial charge in [-0.05, 0) is 35.9 Å². The Balaban J connectivity index is 2.21. The standard InChI is InChI=1S/C13H7Cl3N2O2/c14-6-1-2-7(8(15)5-6)11-12(18-20-13(11)17)9-3-4-10(16)19-9/h1-5H,17H2. The summed E-state index contributed by atoms with van der Waals surface area (Å²) in [5.74, 6) is 0.577. The second-order valence-corrected chi connectivity index (χ2v) is 5.21. The van der Waals surface area contributed by atoms with E-state index in [2.05, 4.69) is 5.16 Å². The predicted octanol–water partition coefficient (Wildman–Crippen LogP) is 5.14. The monoisotopic (exact) mass is 328 g/mol.